The monoisotopic (exact) mass is 439 g/mol. The summed E-state index contributed by atoms with van der Waals surface area (Å²) in [6.07, 6.45) is 1.76. The van der Waals surface area contributed by atoms with Gasteiger partial charge in [0.25, 0.3) is 5.91 Å². The molecule has 170 valence electrons. The minimum atomic E-state index is -0.854. The molecule has 0 unspecified atom stereocenters. The molecule has 0 aliphatic heterocycles. The Morgan fingerprint density at radius 1 is 1.25 bits per heavy atom. The maximum Gasteiger partial charge on any atom is 0.274 e. The zero-order valence-corrected chi connectivity index (χ0v) is 19.0. The molecule has 0 radical (unpaired) electrons. The van der Waals surface area contributed by atoms with Crippen molar-refractivity contribution in [3.05, 3.63) is 29.0 Å². The summed E-state index contributed by atoms with van der Waals surface area (Å²) in [6.45, 7) is 9.52. The fraction of sp³-hybridized carbons (Fsp3) is 0.458. The third-order valence-corrected chi connectivity index (χ3v) is 5.14. The molecule has 0 bridgehead atoms. The molecule has 1 heterocycles. The van der Waals surface area contributed by atoms with Crippen molar-refractivity contribution in [1.29, 1.82) is 0 Å². The van der Waals surface area contributed by atoms with Crippen molar-refractivity contribution >= 4 is 11.8 Å². The van der Waals surface area contributed by atoms with E-state index < -0.39 is 11.4 Å². The van der Waals surface area contributed by atoms with Crippen LogP contribution < -0.4 is 10.6 Å². The molecule has 2 aromatic rings. The van der Waals surface area contributed by atoms with Crippen LogP contribution in [0.25, 0.3) is 11.3 Å². The molecule has 8 nitrogen and oxygen atoms in total. The van der Waals surface area contributed by atoms with Crippen LogP contribution in [0.4, 0.5) is 0 Å². The van der Waals surface area contributed by atoms with Crippen molar-refractivity contribution in [1.82, 2.24) is 15.8 Å². The van der Waals surface area contributed by atoms with Crippen LogP contribution in [-0.2, 0) is 4.79 Å². The predicted molar refractivity (Wildman–Crippen MR) is 119 cm³/mol. The van der Waals surface area contributed by atoms with Crippen molar-refractivity contribution in [2.24, 2.45) is 5.92 Å². The predicted octanol–water partition coefficient (Wildman–Crippen LogP) is 3.28. The molecule has 1 aliphatic rings. The summed E-state index contributed by atoms with van der Waals surface area (Å²) in [4.78, 5) is 24.7. The van der Waals surface area contributed by atoms with E-state index in [9.17, 15) is 19.8 Å². The van der Waals surface area contributed by atoms with Gasteiger partial charge >= 0.3 is 0 Å². The number of benzene rings is 1. The SMILES string of the molecule is CCNC(=O)c1noc(-c2cc(C(C)C)c(O)cc2O)c1C#CC(C)(C)NC(=O)C1CC1. The molecule has 1 saturated carbocycles. The molecule has 1 fully saturated rings. The van der Waals surface area contributed by atoms with Crippen LogP contribution in [0.15, 0.2) is 16.7 Å². The average molecular weight is 440 g/mol. The first-order chi connectivity index (χ1) is 15.0. The highest BCUT2D eigenvalue weighted by atomic mass is 16.5. The number of aromatic hydroxyl groups is 2. The van der Waals surface area contributed by atoms with Crippen LogP contribution in [0, 0.1) is 17.8 Å². The number of hydrogen-bond acceptors (Lipinski definition) is 6. The van der Waals surface area contributed by atoms with Crippen LogP contribution >= 0.6 is 0 Å². The van der Waals surface area contributed by atoms with Gasteiger partial charge in [-0.1, -0.05) is 30.8 Å². The van der Waals surface area contributed by atoms with E-state index in [1.165, 1.54) is 6.07 Å². The second-order valence-electron chi connectivity index (χ2n) is 8.82. The van der Waals surface area contributed by atoms with E-state index in [2.05, 4.69) is 27.6 Å². The second kappa shape index (κ2) is 8.95. The van der Waals surface area contributed by atoms with Gasteiger partial charge < -0.3 is 25.4 Å². The number of rotatable bonds is 6. The summed E-state index contributed by atoms with van der Waals surface area (Å²) in [5.74, 6) is 5.29. The summed E-state index contributed by atoms with van der Waals surface area (Å²) < 4.78 is 5.46. The molecule has 2 amide bonds. The van der Waals surface area contributed by atoms with E-state index in [1.807, 2.05) is 13.8 Å². The van der Waals surface area contributed by atoms with Gasteiger partial charge in [-0.3, -0.25) is 9.59 Å². The molecule has 8 heteroatoms. The van der Waals surface area contributed by atoms with Crippen molar-refractivity contribution < 1.29 is 24.3 Å². The van der Waals surface area contributed by atoms with Gasteiger partial charge in [0.05, 0.1) is 11.1 Å². The number of carbonyl (C=O) groups is 2. The maximum atomic E-state index is 12.6. The number of nitrogens with one attached hydrogen (secondary N) is 2. The number of nitrogens with zero attached hydrogens (tertiary/aromatic N) is 1. The number of carbonyl (C=O) groups excluding carboxylic acids is 2. The number of phenols is 2. The molecule has 4 N–H and O–H groups in total. The number of amides is 2. The summed E-state index contributed by atoms with van der Waals surface area (Å²) in [6, 6.07) is 2.83. The Hall–Kier alpha value is -3.47. The third kappa shape index (κ3) is 5.05. The van der Waals surface area contributed by atoms with E-state index in [1.54, 1.807) is 26.8 Å². The Kier molecular flexibility index (Phi) is 6.49. The lowest BCUT2D eigenvalue weighted by molar-refractivity contribution is -0.123. The Morgan fingerprint density at radius 3 is 2.53 bits per heavy atom. The molecular formula is C24H29N3O5. The zero-order valence-electron chi connectivity index (χ0n) is 19.0. The molecule has 1 aromatic carbocycles. The summed E-state index contributed by atoms with van der Waals surface area (Å²) in [5, 5.41) is 30.1. The van der Waals surface area contributed by atoms with Crippen molar-refractivity contribution in [2.75, 3.05) is 6.54 Å². The first-order valence-corrected chi connectivity index (χ1v) is 10.7. The number of phenolic OH excluding ortho intramolecular Hbond substituents is 2. The zero-order chi connectivity index (χ0) is 23.6. The van der Waals surface area contributed by atoms with Crippen LogP contribution in [0.5, 0.6) is 11.5 Å². The van der Waals surface area contributed by atoms with Crippen LogP contribution in [-0.4, -0.2) is 39.3 Å². The molecule has 0 saturated heterocycles. The maximum absolute atomic E-state index is 12.6. The highest BCUT2D eigenvalue weighted by Crippen LogP contribution is 2.39. The normalized spacial score (nSPS) is 13.4. The smallest absolute Gasteiger partial charge is 0.274 e. The van der Waals surface area contributed by atoms with Gasteiger partial charge in [0.15, 0.2) is 11.5 Å². The second-order valence-corrected chi connectivity index (χ2v) is 8.82. The van der Waals surface area contributed by atoms with Crippen molar-refractivity contribution in [2.45, 2.75) is 58.9 Å². The quantitative estimate of drug-likeness (QED) is 0.512. The fourth-order valence-electron chi connectivity index (χ4n) is 3.23. The van der Waals surface area contributed by atoms with Crippen LogP contribution in [0.1, 0.15) is 75.0 Å². The molecule has 3 rings (SSSR count). The first kappa shape index (κ1) is 23.2. The van der Waals surface area contributed by atoms with Gasteiger partial charge in [-0.15, -0.1) is 0 Å². The summed E-state index contributed by atoms with van der Waals surface area (Å²) >= 11 is 0. The van der Waals surface area contributed by atoms with E-state index in [-0.39, 0.29) is 51.8 Å². The minimum absolute atomic E-state index is 0.0164. The topological polar surface area (TPSA) is 125 Å². The Bertz CT molecular complexity index is 1100. The standard InChI is InChI=1S/C24H29N3O5/c1-6-25-23(31)20-15(9-10-24(4,5)26-22(30)14-7-8-14)21(32-27-20)17-11-16(13(2)3)18(28)12-19(17)29/h11-14,28-29H,6-8H2,1-5H3,(H,25,31)(H,26,30). The van der Waals surface area contributed by atoms with E-state index >= 15 is 0 Å². The molecular weight excluding hydrogens is 410 g/mol. The van der Waals surface area contributed by atoms with Gasteiger partial charge in [-0.2, -0.15) is 0 Å². The molecule has 0 spiro atoms. The first-order valence-electron chi connectivity index (χ1n) is 10.7. The highest BCUT2D eigenvalue weighted by Gasteiger charge is 2.32. The van der Waals surface area contributed by atoms with Gasteiger partial charge in [-0.25, -0.2) is 0 Å². The van der Waals surface area contributed by atoms with Crippen LogP contribution in [0.3, 0.4) is 0 Å². The molecule has 1 aromatic heterocycles. The molecule has 32 heavy (non-hydrogen) atoms. The minimum Gasteiger partial charge on any atom is -0.508 e. The van der Waals surface area contributed by atoms with Crippen molar-refractivity contribution in [3.63, 3.8) is 0 Å². The van der Waals surface area contributed by atoms with E-state index in [4.69, 9.17) is 4.52 Å². The Balaban J connectivity index is 2.09. The summed E-state index contributed by atoms with van der Waals surface area (Å²) in [7, 11) is 0. The van der Waals surface area contributed by atoms with Gasteiger partial charge in [0, 0.05) is 18.5 Å². The fourth-order valence-corrected chi connectivity index (χ4v) is 3.23. The molecule has 0 atom stereocenters. The number of aromatic nitrogens is 1. The van der Waals surface area contributed by atoms with E-state index in [0.29, 0.717) is 12.1 Å². The summed E-state index contributed by atoms with van der Waals surface area (Å²) in [5.41, 5.74) is 0.188. The van der Waals surface area contributed by atoms with Crippen LogP contribution in [0.2, 0.25) is 0 Å². The Labute approximate surface area is 187 Å². The average Bonchev–Trinajstić information content (AvgIpc) is 3.46. The highest BCUT2D eigenvalue weighted by molar-refractivity contribution is 5.97. The lowest BCUT2D eigenvalue weighted by Crippen LogP contribution is -2.43. The third-order valence-electron chi connectivity index (χ3n) is 5.14. The Morgan fingerprint density at radius 2 is 1.94 bits per heavy atom. The number of hydrogen-bond donors (Lipinski definition) is 4. The van der Waals surface area contributed by atoms with Gasteiger partial charge in [0.2, 0.25) is 5.91 Å². The lowest BCUT2D eigenvalue weighted by atomic mass is 9.96. The molecule has 1 aliphatic carbocycles. The largest absolute Gasteiger partial charge is 0.508 e. The lowest BCUT2D eigenvalue weighted by Gasteiger charge is -2.19. The van der Waals surface area contributed by atoms with E-state index in [0.717, 1.165) is 12.8 Å². The van der Waals surface area contributed by atoms with Gasteiger partial charge in [-0.05, 0) is 51.2 Å². The van der Waals surface area contributed by atoms with Gasteiger partial charge in [0.1, 0.15) is 17.1 Å². The van der Waals surface area contributed by atoms with Crippen molar-refractivity contribution in [3.8, 4) is 34.7 Å².